The van der Waals surface area contributed by atoms with E-state index in [1.54, 1.807) is 18.3 Å². The van der Waals surface area contributed by atoms with E-state index < -0.39 is 0 Å². The monoisotopic (exact) mass is 521 g/mol. The van der Waals surface area contributed by atoms with Gasteiger partial charge >= 0.3 is 0 Å². The van der Waals surface area contributed by atoms with Gasteiger partial charge in [-0.1, -0.05) is 51.3 Å². The molecule has 0 saturated carbocycles. The molecular formula is C20H18BrCl2N7O. The first kappa shape index (κ1) is 21.8. The number of aromatic nitrogens is 3. The van der Waals surface area contributed by atoms with Crippen molar-refractivity contribution in [2.75, 3.05) is 41.9 Å². The second-order valence-corrected chi connectivity index (χ2v) is 8.29. The lowest BCUT2D eigenvalue weighted by Gasteiger charge is -2.27. The second-order valence-electron chi connectivity index (χ2n) is 6.56. The number of halogens is 3. The molecule has 2 aromatic carbocycles. The highest BCUT2D eigenvalue weighted by molar-refractivity contribution is 9.10. The van der Waals surface area contributed by atoms with Gasteiger partial charge in [-0.15, -0.1) is 0 Å². The fourth-order valence-electron chi connectivity index (χ4n) is 2.83. The summed E-state index contributed by atoms with van der Waals surface area (Å²) >= 11 is 15.5. The van der Waals surface area contributed by atoms with Gasteiger partial charge in [-0.3, -0.25) is 0 Å². The van der Waals surface area contributed by atoms with E-state index in [4.69, 9.17) is 27.9 Å². The van der Waals surface area contributed by atoms with E-state index in [9.17, 15) is 0 Å². The molecule has 3 aromatic rings. The van der Waals surface area contributed by atoms with E-state index in [1.807, 2.05) is 35.2 Å². The van der Waals surface area contributed by atoms with Crippen LogP contribution in [0.1, 0.15) is 5.56 Å². The molecule has 31 heavy (non-hydrogen) atoms. The molecule has 0 spiro atoms. The molecule has 0 radical (unpaired) electrons. The van der Waals surface area contributed by atoms with Crippen LogP contribution < -0.4 is 15.6 Å². The number of hydrogen-bond donors (Lipinski definition) is 2. The molecule has 0 atom stereocenters. The van der Waals surface area contributed by atoms with Crippen LogP contribution in [-0.2, 0) is 4.74 Å². The van der Waals surface area contributed by atoms with Gasteiger partial charge in [0.05, 0.1) is 29.5 Å². The van der Waals surface area contributed by atoms with E-state index >= 15 is 0 Å². The fourth-order valence-corrected chi connectivity index (χ4v) is 3.53. The number of nitrogens with one attached hydrogen (secondary N) is 2. The van der Waals surface area contributed by atoms with Gasteiger partial charge in [-0.05, 0) is 35.9 Å². The molecule has 160 valence electrons. The SMILES string of the molecule is Clc1ccc(/C=N\Nc2nc(Nc3cccc(Br)c3)nc(N3CCOCC3)n2)cc1Cl. The number of ether oxygens (including phenoxy) is 1. The Balaban J connectivity index is 1.57. The minimum atomic E-state index is 0.310. The molecule has 2 N–H and O–H groups in total. The lowest BCUT2D eigenvalue weighted by atomic mass is 10.2. The molecule has 0 unspecified atom stereocenters. The summed E-state index contributed by atoms with van der Waals surface area (Å²) in [7, 11) is 0. The van der Waals surface area contributed by atoms with E-state index in [0.29, 0.717) is 54.2 Å². The Morgan fingerprint density at radius 3 is 2.58 bits per heavy atom. The van der Waals surface area contributed by atoms with E-state index in [2.05, 4.69) is 46.7 Å². The smallest absolute Gasteiger partial charge is 0.250 e. The van der Waals surface area contributed by atoms with E-state index in [1.165, 1.54) is 0 Å². The number of rotatable bonds is 6. The predicted octanol–water partition coefficient (Wildman–Crippen LogP) is 4.97. The maximum absolute atomic E-state index is 6.05. The Hall–Kier alpha value is -2.46. The zero-order chi connectivity index (χ0) is 21.6. The van der Waals surface area contributed by atoms with Crippen LogP contribution in [-0.4, -0.2) is 47.5 Å². The first-order valence-corrected chi connectivity index (χ1v) is 11.0. The molecule has 1 aromatic heterocycles. The van der Waals surface area contributed by atoms with Crippen LogP contribution in [0, 0.1) is 0 Å². The number of hydrogen-bond acceptors (Lipinski definition) is 8. The van der Waals surface area contributed by atoms with Crippen LogP contribution in [0.5, 0.6) is 0 Å². The molecule has 2 heterocycles. The third kappa shape index (κ3) is 6.04. The Morgan fingerprint density at radius 1 is 1.00 bits per heavy atom. The summed E-state index contributed by atoms with van der Waals surface area (Å²) < 4.78 is 6.38. The Kier molecular flexibility index (Phi) is 7.18. The van der Waals surface area contributed by atoms with Crippen molar-refractivity contribution in [1.82, 2.24) is 15.0 Å². The number of anilines is 4. The Morgan fingerprint density at radius 2 is 1.81 bits per heavy atom. The van der Waals surface area contributed by atoms with Crippen molar-refractivity contribution in [2.45, 2.75) is 0 Å². The standard InChI is InChI=1S/C20H18BrCl2N7O/c21-14-2-1-3-15(11-14)25-18-26-19(28-20(27-18)30-6-8-31-9-7-30)29-24-12-13-4-5-16(22)17(23)10-13/h1-5,10-12H,6-9H2,(H2,25,26,27,28,29)/b24-12-. The molecule has 0 amide bonds. The molecular weight excluding hydrogens is 505 g/mol. The summed E-state index contributed by atoms with van der Waals surface area (Å²) in [5.74, 6) is 1.26. The zero-order valence-corrected chi connectivity index (χ0v) is 19.3. The van der Waals surface area contributed by atoms with Crippen molar-refractivity contribution in [2.24, 2.45) is 5.10 Å². The third-order valence-electron chi connectivity index (χ3n) is 4.32. The van der Waals surface area contributed by atoms with Gasteiger partial charge in [0.2, 0.25) is 17.8 Å². The molecule has 1 aliphatic heterocycles. The van der Waals surface area contributed by atoms with Crippen molar-refractivity contribution in [1.29, 1.82) is 0 Å². The largest absolute Gasteiger partial charge is 0.378 e. The van der Waals surface area contributed by atoms with Gasteiger partial charge in [0.15, 0.2) is 0 Å². The highest BCUT2D eigenvalue weighted by atomic mass is 79.9. The Bertz CT molecular complexity index is 1090. The van der Waals surface area contributed by atoms with Crippen molar-refractivity contribution >= 4 is 68.9 Å². The van der Waals surface area contributed by atoms with Crippen molar-refractivity contribution in [3.63, 3.8) is 0 Å². The summed E-state index contributed by atoms with van der Waals surface area (Å²) in [6, 6.07) is 13.0. The van der Waals surface area contributed by atoms with Crippen molar-refractivity contribution in [3.8, 4) is 0 Å². The zero-order valence-electron chi connectivity index (χ0n) is 16.2. The van der Waals surface area contributed by atoms with Gasteiger partial charge in [-0.25, -0.2) is 5.43 Å². The van der Waals surface area contributed by atoms with Crippen LogP contribution in [0.2, 0.25) is 10.0 Å². The van der Waals surface area contributed by atoms with Crippen LogP contribution >= 0.6 is 39.1 Å². The average molecular weight is 523 g/mol. The lowest BCUT2D eigenvalue weighted by Crippen LogP contribution is -2.37. The molecule has 1 aliphatic rings. The highest BCUT2D eigenvalue weighted by Crippen LogP contribution is 2.23. The minimum Gasteiger partial charge on any atom is -0.378 e. The van der Waals surface area contributed by atoms with Crippen molar-refractivity contribution in [3.05, 3.63) is 62.5 Å². The number of benzene rings is 2. The number of morpholine rings is 1. The fraction of sp³-hybridized carbons (Fsp3) is 0.200. The summed E-state index contributed by atoms with van der Waals surface area (Å²) in [4.78, 5) is 15.6. The van der Waals surface area contributed by atoms with Gasteiger partial charge in [0, 0.05) is 23.2 Å². The summed E-state index contributed by atoms with van der Waals surface area (Å²) in [5, 5.41) is 8.38. The highest BCUT2D eigenvalue weighted by Gasteiger charge is 2.16. The molecule has 1 saturated heterocycles. The molecule has 0 aliphatic carbocycles. The second kappa shape index (κ2) is 10.2. The van der Waals surface area contributed by atoms with E-state index in [-0.39, 0.29) is 0 Å². The summed E-state index contributed by atoms with van der Waals surface area (Å²) in [6.07, 6.45) is 1.61. The number of nitrogens with zero attached hydrogens (tertiary/aromatic N) is 5. The third-order valence-corrected chi connectivity index (χ3v) is 5.55. The normalized spacial score (nSPS) is 14.1. The Labute approximate surface area is 197 Å². The van der Waals surface area contributed by atoms with Gasteiger partial charge < -0.3 is 15.0 Å². The molecule has 1 fully saturated rings. The van der Waals surface area contributed by atoms with Crippen LogP contribution in [0.3, 0.4) is 0 Å². The van der Waals surface area contributed by atoms with Crippen LogP contribution in [0.15, 0.2) is 52.0 Å². The first-order valence-electron chi connectivity index (χ1n) is 9.42. The van der Waals surface area contributed by atoms with Crippen molar-refractivity contribution < 1.29 is 4.74 Å². The van der Waals surface area contributed by atoms with Crippen LogP contribution in [0.4, 0.5) is 23.5 Å². The molecule has 4 rings (SSSR count). The van der Waals surface area contributed by atoms with E-state index in [0.717, 1.165) is 15.7 Å². The quantitative estimate of drug-likeness (QED) is 0.349. The predicted molar refractivity (Wildman–Crippen MR) is 128 cm³/mol. The van der Waals surface area contributed by atoms with Crippen LogP contribution in [0.25, 0.3) is 0 Å². The van der Waals surface area contributed by atoms with Gasteiger partial charge in [-0.2, -0.15) is 20.1 Å². The molecule has 11 heteroatoms. The molecule has 0 bridgehead atoms. The maximum atomic E-state index is 6.05. The topological polar surface area (TPSA) is 87.6 Å². The summed E-state index contributed by atoms with van der Waals surface area (Å²) in [5.41, 5.74) is 4.50. The molecule has 8 nitrogen and oxygen atoms in total. The average Bonchev–Trinajstić information content (AvgIpc) is 2.77. The lowest BCUT2D eigenvalue weighted by molar-refractivity contribution is 0.122. The van der Waals surface area contributed by atoms with Gasteiger partial charge in [0.25, 0.3) is 0 Å². The first-order chi connectivity index (χ1) is 15.1. The summed E-state index contributed by atoms with van der Waals surface area (Å²) in [6.45, 7) is 2.65. The minimum absolute atomic E-state index is 0.310. The van der Waals surface area contributed by atoms with Gasteiger partial charge in [0.1, 0.15) is 0 Å². The maximum Gasteiger partial charge on any atom is 0.250 e. The number of hydrazone groups is 1.